The number of benzene rings is 2. The quantitative estimate of drug-likeness (QED) is 0.561. The van der Waals surface area contributed by atoms with Crippen LogP contribution in [0.5, 0.6) is 11.5 Å². The van der Waals surface area contributed by atoms with Gasteiger partial charge in [0.2, 0.25) is 12.7 Å². The van der Waals surface area contributed by atoms with Crippen LogP contribution in [0.1, 0.15) is 60.4 Å². The molecule has 2 aromatic carbocycles. The van der Waals surface area contributed by atoms with Crippen LogP contribution in [0.3, 0.4) is 0 Å². The Labute approximate surface area is 216 Å². The molecule has 0 aromatic heterocycles. The van der Waals surface area contributed by atoms with Crippen LogP contribution in [0, 0.1) is 13.8 Å². The lowest BCUT2D eigenvalue weighted by Crippen LogP contribution is -2.49. The standard InChI is InChI=1S/C30H41N3O3/c1-22-16-23(2)18-24(17-22)19-29(34)31(3)20-27(26-8-7-9-28-30(26)36-21-35-28)33-14-10-25(11-15-33)32-12-5-4-6-13-32/h7-9,16-18,25,27H,4-6,10-15,19-21H2,1-3H3. The Hall–Kier alpha value is -2.57. The number of carbonyl (C=O) groups excluding carboxylic acids is 1. The molecule has 0 aliphatic carbocycles. The fraction of sp³-hybridized carbons (Fsp3) is 0.567. The van der Waals surface area contributed by atoms with E-state index >= 15 is 0 Å². The van der Waals surface area contributed by atoms with Crippen LogP contribution in [-0.4, -0.2) is 73.2 Å². The number of fused-ring (bicyclic) bond motifs is 1. The highest BCUT2D eigenvalue weighted by molar-refractivity contribution is 5.78. The van der Waals surface area contributed by atoms with Gasteiger partial charge in [-0.15, -0.1) is 0 Å². The van der Waals surface area contributed by atoms with Gasteiger partial charge >= 0.3 is 0 Å². The molecule has 5 rings (SSSR count). The molecule has 36 heavy (non-hydrogen) atoms. The number of likely N-dealkylation sites (N-methyl/N-ethyl adjacent to an activating group) is 1. The third kappa shape index (κ3) is 5.70. The van der Waals surface area contributed by atoms with Crippen LogP contribution in [0.25, 0.3) is 0 Å². The molecule has 1 amide bonds. The summed E-state index contributed by atoms with van der Waals surface area (Å²) in [4.78, 5) is 20.5. The summed E-state index contributed by atoms with van der Waals surface area (Å²) in [6, 6.07) is 13.3. The van der Waals surface area contributed by atoms with Crippen LogP contribution in [0.4, 0.5) is 0 Å². The van der Waals surface area contributed by atoms with E-state index in [-0.39, 0.29) is 18.7 Å². The first-order valence-corrected chi connectivity index (χ1v) is 13.7. The maximum Gasteiger partial charge on any atom is 0.231 e. The monoisotopic (exact) mass is 491 g/mol. The minimum absolute atomic E-state index is 0.0807. The van der Waals surface area contributed by atoms with Crippen molar-refractivity contribution in [2.45, 2.75) is 64.5 Å². The molecule has 0 bridgehead atoms. The fourth-order valence-corrected chi connectivity index (χ4v) is 6.31. The lowest BCUT2D eigenvalue weighted by molar-refractivity contribution is -0.130. The highest BCUT2D eigenvalue weighted by Crippen LogP contribution is 2.41. The van der Waals surface area contributed by atoms with E-state index in [2.05, 4.69) is 47.9 Å². The summed E-state index contributed by atoms with van der Waals surface area (Å²) in [5.74, 6) is 1.80. The van der Waals surface area contributed by atoms with Crippen molar-refractivity contribution >= 4 is 5.91 Å². The Morgan fingerprint density at radius 3 is 2.44 bits per heavy atom. The number of para-hydroxylation sites is 1. The van der Waals surface area contributed by atoms with Gasteiger partial charge in [0, 0.05) is 38.3 Å². The summed E-state index contributed by atoms with van der Waals surface area (Å²) in [5, 5.41) is 0. The zero-order chi connectivity index (χ0) is 25.1. The number of amides is 1. The minimum atomic E-state index is 0.0807. The van der Waals surface area contributed by atoms with Crippen LogP contribution >= 0.6 is 0 Å². The molecule has 1 unspecified atom stereocenters. The fourth-order valence-electron chi connectivity index (χ4n) is 6.31. The highest BCUT2D eigenvalue weighted by atomic mass is 16.7. The zero-order valence-electron chi connectivity index (χ0n) is 22.2. The Balaban J connectivity index is 1.31. The van der Waals surface area contributed by atoms with Crippen molar-refractivity contribution in [3.8, 4) is 11.5 Å². The number of carbonyl (C=O) groups is 1. The lowest BCUT2D eigenvalue weighted by Gasteiger charge is -2.43. The van der Waals surface area contributed by atoms with Gasteiger partial charge in [-0.1, -0.05) is 47.9 Å². The number of aryl methyl sites for hydroxylation is 2. The average Bonchev–Trinajstić information content (AvgIpc) is 3.36. The van der Waals surface area contributed by atoms with Gasteiger partial charge in [0.1, 0.15) is 0 Å². The molecule has 0 spiro atoms. The van der Waals surface area contributed by atoms with E-state index in [0.717, 1.165) is 35.7 Å². The van der Waals surface area contributed by atoms with Crippen molar-refractivity contribution < 1.29 is 14.3 Å². The number of ether oxygens (including phenoxy) is 2. The number of likely N-dealkylation sites (tertiary alicyclic amines) is 2. The molecule has 2 saturated heterocycles. The van der Waals surface area contributed by atoms with Crippen LogP contribution in [0.2, 0.25) is 0 Å². The second kappa shape index (κ2) is 11.2. The number of hydrogen-bond donors (Lipinski definition) is 0. The molecule has 2 aromatic rings. The molecule has 194 valence electrons. The van der Waals surface area contributed by atoms with E-state index in [1.807, 2.05) is 24.1 Å². The maximum absolute atomic E-state index is 13.3. The molecule has 2 fully saturated rings. The third-order valence-electron chi connectivity index (χ3n) is 8.14. The van der Waals surface area contributed by atoms with Crippen molar-refractivity contribution in [3.05, 3.63) is 58.7 Å². The van der Waals surface area contributed by atoms with Crippen molar-refractivity contribution in [1.29, 1.82) is 0 Å². The van der Waals surface area contributed by atoms with Gasteiger partial charge in [0.15, 0.2) is 11.5 Å². The molecule has 6 nitrogen and oxygen atoms in total. The van der Waals surface area contributed by atoms with E-state index < -0.39 is 0 Å². The SMILES string of the molecule is Cc1cc(C)cc(CC(=O)N(C)CC(c2cccc3c2OCO3)N2CCC(N3CCCCC3)CC2)c1. The summed E-state index contributed by atoms with van der Waals surface area (Å²) >= 11 is 0. The average molecular weight is 492 g/mol. The van der Waals surface area contributed by atoms with Gasteiger partial charge in [-0.25, -0.2) is 0 Å². The van der Waals surface area contributed by atoms with Crippen LogP contribution < -0.4 is 9.47 Å². The molecular weight excluding hydrogens is 450 g/mol. The van der Waals surface area contributed by atoms with E-state index in [1.165, 1.54) is 56.3 Å². The van der Waals surface area contributed by atoms with E-state index in [0.29, 0.717) is 19.0 Å². The molecule has 3 heterocycles. The Kier molecular flexibility index (Phi) is 7.82. The number of nitrogens with zero attached hydrogens (tertiary/aromatic N) is 3. The molecule has 0 saturated carbocycles. The normalized spacial score (nSPS) is 19.9. The molecule has 0 N–H and O–H groups in total. The molecule has 0 radical (unpaired) electrons. The van der Waals surface area contributed by atoms with Gasteiger partial charge in [-0.05, 0) is 64.3 Å². The van der Waals surface area contributed by atoms with E-state index in [9.17, 15) is 4.79 Å². The topological polar surface area (TPSA) is 45.3 Å². The van der Waals surface area contributed by atoms with Gasteiger partial charge in [0.25, 0.3) is 0 Å². The molecule has 3 aliphatic heterocycles. The number of hydrogen-bond acceptors (Lipinski definition) is 5. The summed E-state index contributed by atoms with van der Waals surface area (Å²) in [5.41, 5.74) is 4.62. The third-order valence-corrected chi connectivity index (χ3v) is 8.14. The first-order chi connectivity index (χ1) is 17.5. The van der Waals surface area contributed by atoms with Crippen molar-refractivity contribution in [2.24, 2.45) is 0 Å². The van der Waals surface area contributed by atoms with Crippen LogP contribution in [0.15, 0.2) is 36.4 Å². The smallest absolute Gasteiger partial charge is 0.231 e. The summed E-state index contributed by atoms with van der Waals surface area (Å²) in [6.45, 7) is 9.65. The van der Waals surface area contributed by atoms with Crippen LogP contribution in [-0.2, 0) is 11.2 Å². The second-order valence-corrected chi connectivity index (χ2v) is 10.9. The van der Waals surface area contributed by atoms with Gasteiger partial charge in [0.05, 0.1) is 12.5 Å². The predicted molar refractivity (Wildman–Crippen MR) is 143 cm³/mol. The number of piperidine rings is 2. The van der Waals surface area contributed by atoms with Gasteiger partial charge in [-0.2, -0.15) is 0 Å². The van der Waals surface area contributed by atoms with Crippen molar-refractivity contribution in [1.82, 2.24) is 14.7 Å². The molecule has 3 aliphatic rings. The molecule has 6 heteroatoms. The highest BCUT2D eigenvalue weighted by Gasteiger charge is 2.33. The molecule has 1 atom stereocenters. The number of rotatable bonds is 7. The Morgan fingerprint density at radius 2 is 1.72 bits per heavy atom. The summed E-state index contributed by atoms with van der Waals surface area (Å²) in [6.07, 6.45) is 6.84. The van der Waals surface area contributed by atoms with E-state index in [1.54, 1.807) is 0 Å². The van der Waals surface area contributed by atoms with Gasteiger partial charge < -0.3 is 19.3 Å². The lowest BCUT2D eigenvalue weighted by atomic mass is 9.95. The predicted octanol–water partition coefficient (Wildman–Crippen LogP) is 4.72. The zero-order valence-corrected chi connectivity index (χ0v) is 22.2. The van der Waals surface area contributed by atoms with Crippen molar-refractivity contribution in [3.63, 3.8) is 0 Å². The Bertz CT molecular complexity index is 1040. The molecular formula is C30H41N3O3. The maximum atomic E-state index is 13.3. The first-order valence-electron chi connectivity index (χ1n) is 13.7. The Morgan fingerprint density at radius 1 is 1.00 bits per heavy atom. The van der Waals surface area contributed by atoms with Crippen molar-refractivity contribution in [2.75, 3.05) is 46.6 Å². The largest absolute Gasteiger partial charge is 0.454 e. The summed E-state index contributed by atoms with van der Waals surface area (Å²) in [7, 11) is 1.94. The minimum Gasteiger partial charge on any atom is -0.454 e. The first kappa shape index (κ1) is 25.1. The summed E-state index contributed by atoms with van der Waals surface area (Å²) < 4.78 is 11.6. The van der Waals surface area contributed by atoms with E-state index in [4.69, 9.17) is 9.47 Å². The van der Waals surface area contributed by atoms with Gasteiger partial charge in [-0.3, -0.25) is 9.69 Å². The second-order valence-electron chi connectivity index (χ2n) is 10.9.